The van der Waals surface area contributed by atoms with Crippen LogP contribution in [-0.2, 0) is 13.1 Å². The van der Waals surface area contributed by atoms with E-state index >= 15 is 0 Å². The number of aromatic nitrogens is 1. The van der Waals surface area contributed by atoms with Gasteiger partial charge in [-0.1, -0.05) is 12.1 Å². The number of nitrogens with one attached hydrogen (secondary N) is 1. The monoisotopic (exact) mass is 261 g/mol. The van der Waals surface area contributed by atoms with Crippen molar-refractivity contribution in [3.8, 4) is 0 Å². The van der Waals surface area contributed by atoms with Crippen molar-refractivity contribution in [2.45, 2.75) is 20.0 Å². The lowest BCUT2D eigenvalue weighted by Gasteiger charge is -2.11. The zero-order chi connectivity index (χ0) is 13.0. The molecule has 1 heterocycles. The van der Waals surface area contributed by atoms with E-state index in [4.69, 9.17) is 0 Å². The van der Waals surface area contributed by atoms with Crippen LogP contribution in [0.2, 0.25) is 0 Å². The third-order valence-electron chi connectivity index (χ3n) is 2.72. The number of rotatable bonds is 5. The minimum atomic E-state index is 0.849. The van der Waals surface area contributed by atoms with Crippen LogP contribution in [0.25, 0.3) is 0 Å². The molecule has 1 N–H and O–H groups in total. The summed E-state index contributed by atoms with van der Waals surface area (Å²) >= 11 is 1.70. The fraction of sp³-hybridized carbons (Fsp3) is 0.357. The number of benzene rings is 1. The van der Waals surface area contributed by atoms with E-state index in [9.17, 15) is 0 Å². The standard InChI is InChI=1S/C14H19N3S/c1-11-14(18-10-16-11)8-15-13-6-4-5-12(7-13)9-17(2)3/h4-7,10,15H,8-9H2,1-3H3. The molecule has 96 valence electrons. The number of aryl methyl sites for hydroxylation is 1. The van der Waals surface area contributed by atoms with Crippen molar-refractivity contribution in [1.29, 1.82) is 0 Å². The highest BCUT2D eigenvalue weighted by Gasteiger charge is 2.02. The minimum Gasteiger partial charge on any atom is -0.380 e. The summed E-state index contributed by atoms with van der Waals surface area (Å²) in [5.74, 6) is 0. The summed E-state index contributed by atoms with van der Waals surface area (Å²) < 4.78 is 0. The topological polar surface area (TPSA) is 28.2 Å². The number of anilines is 1. The molecule has 1 aromatic heterocycles. The van der Waals surface area contributed by atoms with Crippen molar-refractivity contribution in [1.82, 2.24) is 9.88 Å². The van der Waals surface area contributed by atoms with E-state index < -0.39 is 0 Å². The van der Waals surface area contributed by atoms with E-state index in [2.05, 4.69) is 60.5 Å². The molecule has 0 fully saturated rings. The molecule has 0 spiro atoms. The van der Waals surface area contributed by atoms with Gasteiger partial charge in [-0.25, -0.2) is 4.98 Å². The van der Waals surface area contributed by atoms with Gasteiger partial charge in [0.25, 0.3) is 0 Å². The summed E-state index contributed by atoms with van der Waals surface area (Å²) in [7, 11) is 4.17. The van der Waals surface area contributed by atoms with Crippen LogP contribution in [-0.4, -0.2) is 24.0 Å². The molecular formula is C14H19N3S. The molecule has 0 atom stereocenters. The minimum absolute atomic E-state index is 0.849. The van der Waals surface area contributed by atoms with Gasteiger partial charge in [0, 0.05) is 17.1 Å². The van der Waals surface area contributed by atoms with Gasteiger partial charge in [-0.05, 0) is 38.7 Å². The normalized spacial score (nSPS) is 10.9. The fourth-order valence-electron chi connectivity index (χ4n) is 1.82. The molecule has 0 saturated carbocycles. The Morgan fingerprint density at radius 1 is 1.33 bits per heavy atom. The van der Waals surface area contributed by atoms with Gasteiger partial charge < -0.3 is 10.2 Å². The highest BCUT2D eigenvalue weighted by Crippen LogP contribution is 2.16. The molecule has 0 radical (unpaired) electrons. The van der Waals surface area contributed by atoms with Gasteiger partial charge in [0.1, 0.15) is 0 Å². The van der Waals surface area contributed by atoms with Crippen molar-refractivity contribution in [3.05, 3.63) is 45.9 Å². The Morgan fingerprint density at radius 3 is 2.83 bits per heavy atom. The molecule has 0 unspecified atom stereocenters. The lowest BCUT2D eigenvalue weighted by Crippen LogP contribution is -2.10. The van der Waals surface area contributed by atoms with Crippen LogP contribution < -0.4 is 5.32 Å². The highest BCUT2D eigenvalue weighted by atomic mass is 32.1. The summed E-state index contributed by atoms with van der Waals surface area (Å²) in [4.78, 5) is 7.73. The third kappa shape index (κ3) is 3.55. The average molecular weight is 261 g/mol. The van der Waals surface area contributed by atoms with E-state index in [1.807, 2.05) is 5.51 Å². The van der Waals surface area contributed by atoms with Gasteiger partial charge in [-0.3, -0.25) is 0 Å². The molecular weight excluding hydrogens is 242 g/mol. The molecule has 0 bridgehead atoms. The Labute approximate surface area is 112 Å². The molecule has 18 heavy (non-hydrogen) atoms. The average Bonchev–Trinajstić information content (AvgIpc) is 2.72. The quantitative estimate of drug-likeness (QED) is 0.896. The zero-order valence-electron chi connectivity index (χ0n) is 11.1. The van der Waals surface area contributed by atoms with Gasteiger partial charge in [0.2, 0.25) is 0 Å². The van der Waals surface area contributed by atoms with Crippen molar-refractivity contribution in [3.63, 3.8) is 0 Å². The number of thiazole rings is 1. The van der Waals surface area contributed by atoms with E-state index in [1.165, 1.54) is 16.1 Å². The predicted molar refractivity (Wildman–Crippen MR) is 78.0 cm³/mol. The Morgan fingerprint density at radius 2 is 2.17 bits per heavy atom. The first-order valence-corrected chi connectivity index (χ1v) is 6.89. The molecule has 3 nitrogen and oxygen atoms in total. The second-order valence-electron chi connectivity index (χ2n) is 4.65. The summed E-state index contributed by atoms with van der Waals surface area (Å²) in [5.41, 5.74) is 5.51. The van der Waals surface area contributed by atoms with Crippen LogP contribution in [0.15, 0.2) is 29.8 Å². The first-order chi connectivity index (χ1) is 8.65. The van der Waals surface area contributed by atoms with Crippen LogP contribution in [0.3, 0.4) is 0 Å². The second-order valence-corrected chi connectivity index (χ2v) is 5.59. The maximum Gasteiger partial charge on any atom is 0.0798 e. The lowest BCUT2D eigenvalue weighted by atomic mass is 10.2. The van der Waals surface area contributed by atoms with Crippen LogP contribution in [0.5, 0.6) is 0 Å². The molecule has 4 heteroatoms. The lowest BCUT2D eigenvalue weighted by molar-refractivity contribution is 0.402. The second kappa shape index (κ2) is 5.98. The summed E-state index contributed by atoms with van der Waals surface area (Å²) in [5, 5.41) is 3.45. The molecule has 0 saturated heterocycles. The van der Waals surface area contributed by atoms with Gasteiger partial charge in [-0.2, -0.15) is 0 Å². The van der Waals surface area contributed by atoms with Crippen LogP contribution in [0.4, 0.5) is 5.69 Å². The van der Waals surface area contributed by atoms with Gasteiger partial charge >= 0.3 is 0 Å². The van der Waals surface area contributed by atoms with E-state index in [1.54, 1.807) is 11.3 Å². The van der Waals surface area contributed by atoms with Crippen LogP contribution in [0, 0.1) is 6.92 Å². The molecule has 2 aromatic rings. The van der Waals surface area contributed by atoms with E-state index in [0.717, 1.165) is 18.8 Å². The molecule has 0 aliphatic carbocycles. The maximum atomic E-state index is 4.26. The van der Waals surface area contributed by atoms with Crippen molar-refractivity contribution in [2.24, 2.45) is 0 Å². The largest absolute Gasteiger partial charge is 0.380 e. The molecule has 1 aromatic carbocycles. The predicted octanol–water partition coefficient (Wildman–Crippen LogP) is 3.13. The number of nitrogens with zero attached hydrogens (tertiary/aromatic N) is 2. The summed E-state index contributed by atoms with van der Waals surface area (Å²) in [6, 6.07) is 8.57. The summed E-state index contributed by atoms with van der Waals surface area (Å²) in [6.07, 6.45) is 0. The van der Waals surface area contributed by atoms with Gasteiger partial charge in [0.15, 0.2) is 0 Å². The van der Waals surface area contributed by atoms with Crippen LogP contribution in [0.1, 0.15) is 16.1 Å². The first-order valence-electron chi connectivity index (χ1n) is 6.01. The Bertz CT molecular complexity index is 505. The highest BCUT2D eigenvalue weighted by molar-refractivity contribution is 7.09. The maximum absolute atomic E-state index is 4.26. The Kier molecular flexibility index (Phi) is 4.33. The van der Waals surface area contributed by atoms with E-state index in [-0.39, 0.29) is 0 Å². The molecule has 0 aliphatic rings. The van der Waals surface area contributed by atoms with Crippen molar-refractivity contribution >= 4 is 17.0 Å². The smallest absolute Gasteiger partial charge is 0.0798 e. The third-order valence-corrected chi connectivity index (χ3v) is 3.66. The molecule has 0 amide bonds. The van der Waals surface area contributed by atoms with E-state index in [0.29, 0.717) is 0 Å². The Balaban J connectivity index is 1.99. The van der Waals surface area contributed by atoms with Gasteiger partial charge in [0.05, 0.1) is 17.7 Å². The van der Waals surface area contributed by atoms with Gasteiger partial charge in [-0.15, -0.1) is 11.3 Å². The van der Waals surface area contributed by atoms with Crippen molar-refractivity contribution in [2.75, 3.05) is 19.4 Å². The molecule has 2 rings (SSSR count). The Hall–Kier alpha value is -1.39. The SMILES string of the molecule is Cc1ncsc1CNc1cccc(CN(C)C)c1. The number of hydrogen-bond acceptors (Lipinski definition) is 4. The summed E-state index contributed by atoms with van der Waals surface area (Å²) in [6.45, 7) is 3.87. The first kappa shape index (κ1) is 13.1. The molecule has 0 aliphatic heterocycles. The van der Waals surface area contributed by atoms with Crippen LogP contribution >= 0.6 is 11.3 Å². The van der Waals surface area contributed by atoms with Crippen molar-refractivity contribution < 1.29 is 0 Å². The fourth-order valence-corrected chi connectivity index (χ4v) is 2.54. The number of hydrogen-bond donors (Lipinski definition) is 1. The zero-order valence-corrected chi connectivity index (χ0v) is 11.9.